The molecule has 0 amide bonds. The predicted molar refractivity (Wildman–Crippen MR) is 124 cm³/mol. The van der Waals surface area contributed by atoms with Gasteiger partial charge in [0, 0.05) is 18.8 Å². The number of benzene rings is 1. The number of allylic oxidation sites excluding steroid dienone is 2. The quantitative estimate of drug-likeness (QED) is 0.213. The number of rotatable bonds is 13. The van der Waals surface area contributed by atoms with E-state index >= 15 is 0 Å². The number of carbonyl (C=O) groups excluding carboxylic acids is 1. The molecule has 0 unspecified atom stereocenters. The first-order valence-electron chi connectivity index (χ1n) is 12.1. The summed E-state index contributed by atoms with van der Waals surface area (Å²) in [6.07, 6.45) is -1.18. The Balaban J connectivity index is 1.76. The van der Waals surface area contributed by atoms with E-state index in [-0.39, 0.29) is 43.9 Å². The molecule has 5 atom stereocenters. The molecule has 0 aliphatic heterocycles. The van der Waals surface area contributed by atoms with E-state index in [1.807, 2.05) is 12.2 Å². The van der Waals surface area contributed by atoms with Crippen molar-refractivity contribution in [1.82, 2.24) is 0 Å². The number of halogens is 3. The summed E-state index contributed by atoms with van der Waals surface area (Å²) in [5.41, 5.74) is -0.258. The van der Waals surface area contributed by atoms with E-state index in [2.05, 4.69) is 0 Å². The van der Waals surface area contributed by atoms with Crippen LogP contribution in [0.5, 0.6) is 0 Å². The summed E-state index contributed by atoms with van der Waals surface area (Å²) in [5, 5.41) is 30.9. The third kappa shape index (κ3) is 10.3. The highest BCUT2D eigenvalue weighted by atomic mass is 19.4. The molecule has 2 rings (SSSR count). The van der Waals surface area contributed by atoms with Crippen molar-refractivity contribution >= 4 is 5.97 Å². The second-order valence-electron chi connectivity index (χ2n) is 9.36. The highest BCUT2D eigenvalue weighted by Gasteiger charge is 2.42. The number of aliphatic hydroxyl groups excluding tert-OH is 3. The first kappa shape index (κ1) is 29.3. The zero-order chi connectivity index (χ0) is 26.0. The molecule has 0 spiro atoms. The summed E-state index contributed by atoms with van der Waals surface area (Å²) in [4.78, 5) is 11.5. The van der Waals surface area contributed by atoms with Gasteiger partial charge in [-0.1, -0.05) is 30.4 Å². The van der Waals surface area contributed by atoms with Gasteiger partial charge in [-0.15, -0.1) is 0 Å². The molecule has 3 N–H and O–H groups in total. The van der Waals surface area contributed by atoms with Crippen molar-refractivity contribution in [2.24, 2.45) is 5.92 Å². The van der Waals surface area contributed by atoms with Crippen LogP contribution in [0.15, 0.2) is 36.4 Å². The largest absolute Gasteiger partial charge is 0.463 e. The summed E-state index contributed by atoms with van der Waals surface area (Å²) in [5.74, 6) is -0.578. The van der Waals surface area contributed by atoms with Crippen molar-refractivity contribution in [2.75, 3.05) is 6.61 Å². The Morgan fingerprint density at radius 3 is 2.63 bits per heavy atom. The third-order valence-electron chi connectivity index (χ3n) is 5.97. The number of aliphatic hydroxyl groups is 3. The Labute approximate surface area is 204 Å². The highest BCUT2D eigenvalue weighted by molar-refractivity contribution is 5.69. The average molecular weight is 503 g/mol. The fourth-order valence-corrected chi connectivity index (χ4v) is 4.19. The van der Waals surface area contributed by atoms with E-state index in [9.17, 15) is 33.3 Å². The topological polar surface area (TPSA) is 96.2 Å². The second kappa shape index (κ2) is 14.0. The molecule has 0 radical (unpaired) electrons. The number of aryl methyl sites for hydroxylation is 1. The molecule has 198 valence electrons. The Hall–Kier alpha value is -1.94. The smallest absolute Gasteiger partial charge is 0.416 e. The normalized spacial score (nSPS) is 23.8. The molecule has 35 heavy (non-hydrogen) atoms. The van der Waals surface area contributed by atoms with Gasteiger partial charge in [0.25, 0.3) is 0 Å². The van der Waals surface area contributed by atoms with E-state index in [1.165, 1.54) is 6.07 Å². The first-order chi connectivity index (χ1) is 16.5. The number of esters is 1. The lowest BCUT2D eigenvalue weighted by molar-refractivity contribution is -0.147. The summed E-state index contributed by atoms with van der Waals surface area (Å²) >= 11 is 0. The fraction of sp³-hybridized carbons (Fsp3) is 0.654. The number of hydrogen-bond donors (Lipinski definition) is 3. The van der Waals surface area contributed by atoms with Gasteiger partial charge in [0.05, 0.1) is 42.7 Å². The van der Waals surface area contributed by atoms with Gasteiger partial charge in [-0.05, 0) is 57.6 Å². The molecule has 9 heteroatoms. The molecule has 1 aliphatic carbocycles. The van der Waals surface area contributed by atoms with Crippen LogP contribution >= 0.6 is 0 Å². The van der Waals surface area contributed by atoms with Gasteiger partial charge in [-0.3, -0.25) is 4.79 Å². The number of ether oxygens (including phenoxy) is 2. The van der Waals surface area contributed by atoms with Gasteiger partial charge < -0.3 is 24.8 Å². The minimum absolute atomic E-state index is 0.0917. The number of hydrogen-bond acceptors (Lipinski definition) is 6. The van der Waals surface area contributed by atoms with Gasteiger partial charge in [-0.25, -0.2) is 0 Å². The Bertz CT molecular complexity index is 811. The minimum atomic E-state index is -4.42. The highest BCUT2D eigenvalue weighted by Crippen LogP contribution is 2.33. The van der Waals surface area contributed by atoms with Crippen molar-refractivity contribution in [3.8, 4) is 0 Å². The maximum atomic E-state index is 12.9. The van der Waals surface area contributed by atoms with E-state index in [0.29, 0.717) is 31.2 Å². The van der Waals surface area contributed by atoms with Crippen LogP contribution in [-0.2, 0) is 26.9 Å². The molecule has 0 saturated heterocycles. The SMILES string of the molecule is CC(C)OC(=O)CCC/C=C\C[C@@H]1[C@@H](OC[C@H](O)CCc2cccc(C(F)(F)F)c2)[C@H](O)C[C@@H]1O. The van der Waals surface area contributed by atoms with Crippen LogP contribution in [0.2, 0.25) is 0 Å². The Morgan fingerprint density at radius 1 is 1.20 bits per heavy atom. The van der Waals surface area contributed by atoms with Crippen molar-refractivity contribution in [3.63, 3.8) is 0 Å². The monoisotopic (exact) mass is 502 g/mol. The van der Waals surface area contributed by atoms with E-state index in [4.69, 9.17) is 9.47 Å². The Kier molecular flexibility index (Phi) is 11.7. The van der Waals surface area contributed by atoms with Crippen molar-refractivity contribution < 1.29 is 42.8 Å². The van der Waals surface area contributed by atoms with Crippen LogP contribution in [0.25, 0.3) is 0 Å². The molecule has 1 fully saturated rings. The zero-order valence-electron chi connectivity index (χ0n) is 20.3. The van der Waals surface area contributed by atoms with E-state index in [1.54, 1.807) is 19.9 Å². The summed E-state index contributed by atoms with van der Waals surface area (Å²) in [7, 11) is 0. The van der Waals surface area contributed by atoms with Gasteiger partial charge in [-0.2, -0.15) is 13.2 Å². The summed E-state index contributed by atoms with van der Waals surface area (Å²) < 4.78 is 49.4. The average Bonchev–Trinajstić information content (AvgIpc) is 3.04. The third-order valence-corrected chi connectivity index (χ3v) is 5.97. The minimum Gasteiger partial charge on any atom is -0.463 e. The maximum absolute atomic E-state index is 12.9. The van der Waals surface area contributed by atoms with Crippen molar-refractivity contribution in [3.05, 3.63) is 47.5 Å². The molecular formula is C26H37F3O6. The molecule has 1 saturated carbocycles. The van der Waals surface area contributed by atoms with Crippen LogP contribution in [0.4, 0.5) is 13.2 Å². The van der Waals surface area contributed by atoms with Crippen LogP contribution in [0, 0.1) is 5.92 Å². The molecule has 6 nitrogen and oxygen atoms in total. The standard InChI is InChI=1S/C26H37F3O6/c1-17(2)35-24(33)11-6-4-3-5-10-21-22(31)15-23(32)25(21)34-16-20(30)13-12-18-8-7-9-19(14-18)26(27,28)29/h3,5,7-9,14,17,20-23,25,30-32H,4,6,10-13,15-16H2,1-2H3/b5-3-/t20-,21+,22+,23-,25-/m1/s1. The molecule has 0 aromatic heterocycles. The number of unbranched alkanes of at least 4 members (excludes halogenated alkanes) is 1. The lowest BCUT2D eigenvalue weighted by Crippen LogP contribution is -2.33. The first-order valence-corrected chi connectivity index (χ1v) is 12.1. The number of carbonyl (C=O) groups is 1. The van der Waals surface area contributed by atoms with Gasteiger partial charge in [0.15, 0.2) is 0 Å². The lowest BCUT2D eigenvalue weighted by atomic mass is 9.98. The van der Waals surface area contributed by atoms with E-state index in [0.717, 1.165) is 12.1 Å². The van der Waals surface area contributed by atoms with Crippen molar-refractivity contribution in [1.29, 1.82) is 0 Å². The lowest BCUT2D eigenvalue weighted by Gasteiger charge is -2.24. The van der Waals surface area contributed by atoms with Gasteiger partial charge in [0.2, 0.25) is 0 Å². The maximum Gasteiger partial charge on any atom is 0.416 e. The molecular weight excluding hydrogens is 465 g/mol. The van der Waals surface area contributed by atoms with Crippen LogP contribution < -0.4 is 0 Å². The van der Waals surface area contributed by atoms with Crippen LogP contribution in [0.1, 0.15) is 63.5 Å². The molecule has 1 aromatic carbocycles. The fourth-order valence-electron chi connectivity index (χ4n) is 4.19. The predicted octanol–water partition coefficient (Wildman–Crippen LogP) is 4.19. The summed E-state index contributed by atoms with van der Waals surface area (Å²) in [6, 6.07) is 4.99. The zero-order valence-corrected chi connectivity index (χ0v) is 20.3. The van der Waals surface area contributed by atoms with Gasteiger partial charge in [0.1, 0.15) is 0 Å². The molecule has 1 aliphatic rings. The van der Waals surface area contributed by atoms with Crippen LogP contribution in [-0.4, -0.2) is 58.4 Å². The van der Waals surface area contributed by atoms with Crippen LogP contribution in [0.3, 0.4) is 0 Å². The molecule has 0 bridgehead atoms. The van der Waals surface area contributed by atoms with Crippen molar-refractivity contribution in [2.45, 2.75) is 95.5 Å². The van der Waals surface area contributed by atoms with E-state index < -0.39 is 36.2 Å². The summed E-state index contributed by atoms with van der Waals surface area (Å²) in [6.45, 7) is 3.51. The number of alkyl halides is 3. The Morgan fingerprint density at radius 2 is 1.94 bits per heavy atom. The molecule has 0 heterocycles. The van der Waals surface area contributed by atoms with Gasteiger partial charge >= 0.3 is 12.1 Å². The molecule has 1 aromatic rings. The second-order valence-corrected chi connectivity index (χ2v) is 9.36.